The Kier molecular flexibility index (Phi) is 5.83. The molecule has 0 saturated heterocycles. The van der Waals surface area contributed by atoms with E-state index in [0.717, 1.165) is 5.56 Å². The van der Waals surface area contributed by atoms with E-state index < -0.39 is 25.4 Å². The van der Waals surface area contributed by atoms with Gasteiger partial charge in [0.2, 0.25) is 10.0 Å². The van der Waals surface area contributed by atoms with Crippen molar-refractivity contribution in [3.8, 4) is 0 Å². The molecular formula is C15H23NO5S2. The number of rotatable bonds is 6. The molecule has 23 heavy (non-hydrogen) atoms. The van der Waals surface area contributed by atoms with E-state index in [1.165, 1.54) is 19.2 Å². The van der Waals surface area contributed by atoms with Crippen LogP contribution in [0.15, 0.2) is 29.2 Å². The van der Waals surface area contributed by atoms with Crippen molar-refractivity contribution in [2.24, 2.45) is 5.92 Å². The average Bonchev–Trinajstić information content (AvgIpc) is 2.54. The Morgan fingerprint density at radius 3 is 2.13 bits per heavy atom. The van der Waals surface area contributed by atoms with Gasteiger partial charge in [0.15, 0.2) is 0 Å². The Morgan fingerprint density at radius 1 is 1.04 bits per heavy atom. The van der Waals surface area contributed by atoms with Crippen LogP contribution in [0.25, 0.3) is 0 Å². The normalized spacial score (nSPS) is 22.9. The molecule has 6 nitrogen and oxygen atoms in total. The number of benzene rings is 1. The lowest BCUT2D eigenvalue weighted by molar-refractivity contribution is 0.214. The van der Waals surface area contributed by atoms with Crippen molar-refractivity contribution in [3.63, 3.8) is 0 Å². The molecule has 0 aromatic heterocycles. The van der Waals surface area contributed by atoms with E-state index in [4.69, 9.17) is 4.18 Å². The summed E-state index contributed by atoms with van der Waals surface area (Å²) >= 11 is 0. The number of nitrogens with one attached hydrogen (secondary N) is 1. The summed E-state index contributed by atoms with van der Waals surface area (Å²) in [6, 6.07) is 6.51. The van der Waals surface area contributed by atoms with Gasteiger partial charge in [-0.1, -0.05) is 17.7 Å². The lowest BCUT2D eigenvalue weighted by atomic mass is 9.90. The van der Waals surface area contributed by atoms with E-state index in [1.54, 1.807) is 12.1 Å². The Balaban J connectivity index is 1.89. The maximum atomic E-state index is 12.1. The number of aryl methyl sites for hydroxylation is 1. The largest absolute Gasteiger partial charge is 0.296 e. The minimum atomic E-state index is -3.75. The van der Waals surface area contributed by atoms with E-state index in [0.29, 0.717) is 25.7 Å². The van der Waals surface area contributed by atoms with Crippen molar-refractivity contribution in [3.05, 3.63) is 29.8 Å². The van der Waals surface area contributed by atoms with Crippen LogP contribution in [0, 0.1) is 12.8 Å². The van der Waals surface area contributed by atoms with Crippen LogP contribution in [0.4, 0.5) is 0 Å². The second-order valence-corrected chi connectivity index (χ2v) is 9.72. The van der Waals surface area contributed by atoms with E-state index in [2.05, 4.69) is 4.72 Å². The standard InChI is InChI=1S/C15H23NO5S2/c1-12-3-7-15(8-4-12)23(19,20)21-11-13-5-9-14(10-6-13)22(17,18)16-2/h3-4,7-8,13-14,16H,5-6,9-11H2,1-2H3. The van der Waals surface area contributed by atoms with Gasteiger partial charge in [-0.15, -0.1) is 0 Å². The molecule has 0 amide bonds. The van der Waals surface area contributed by atoms with Crippen LogP contribution in [0.5, 0.6) is 0 Å². The number of hydrogen-bond acceptors (Lipinski definition) is 5. The molecule has 1 aromatic rings. The second kappa shape index (κ2) is 7.29. The van der Waals surface area contributed by atoms with Crippen molar-refractivity contribution in [2.75, 3.05) is 13.7 Å². The third-order valence-corrected chi connectivity index (χ3v) is 7.50. The molecule has 8 heteroatoms. The van der Waals surface area contributed by atoms with Crippen LogP contribution in [-0.4, -0.2) is 35.7 Å². The SMILES string of the molecule is CNS(=O)(=O)C1CCC(COS(=O)(=O)c2ccc(C)cc2)CC1. The van der Waals surface area contributed by atoms with Crippen LogP contribution >= 0.6 is 0 Å². The van der Waals surface area contributed by atoms with Gasteiger partial charge in [-0.05, 0) is 57.7 Å². The molecule has 0 spiro atoms. The molecule has 1 saturated carbocycles. The highest BCUT2D eigenvalue weighted by atomic mass is 32.2. The molecule has 0 heterocycles. The molecule has 1 aromatic carbocycles. The van der Waals surface area contributed by atoms with Gasteiger partial charge in [0, 0.05) is 0 Å². The monoisotopic (exact) mass is 361 g/mol. The third kappa shape index (κ3) is 4.76. The molecule has 0 unspecified atom stereocenters. The highest BCUT2D eigenvalue weighted by Gasteiger charge is 2.30. The average molecular weight is 361 g/mol. The maximum Gasteiger partial charge on any atom is 0.296 e. The van der Waals surface area contributed by atoms with Crippen molar-refractivity contribution in [1.82, 2.24) is 4.72 Å². The molecule has 2 rings (SSSR count). The highest BCUT2D eigenvalue weighted by molar-refractivity contribution is 7.90. The highest BCUT2D eigenvalue weighted by Crippen LogP contribution is 2.29. The quantitative estimate of drug-likeness (QED) is 0.781. The zero-order valence-corrected chi connectivity index (χ0v) is 15.0. The molecule has 0 bridgehead atoms. The third-order valence-electron chi connectivity index (χ3n) is 4.29. The molecule has 1 fully saturated rings. The summed E-state index contributed by atoms with van der Waals surface area (Å²) in [5.41, 5.74) is 0.980. The van der Waals surface area contributed by atoms with E-state index in [9.17, 15) is 16.8 Å². The van der Waals surface area contributed by atoms with Gasteiger partial charge in [0.05, 0.1) is 16.8 Å². The fraction of sp³-hybridized carbons (Fsp3) is 0.600. The smallest absolute Gasteiger partial charge is 0.266 e. The molecule has 1 aliphatic carbocycles. The molecule has 1 N–H and O–H groups in total. The summed E-state index contributed by atoms with van der Waals surface area (Å²) in [5, 5.41) is -0.391. The summed E-state index contributed by atoms with van der Waals surface area (Å²) in [6.45, 7) is 1.98. The fourth-order valence-electron chi connectivity index (χ4n) is 2.73. The van der Waals surface area contributed by atoms with Crippen molar-refractivity contribution >= 4 is 20.1 Å². The second-order valence-electron chi connectivity index (χ2n) is 5.94. The molecule has 130 valence electrons. The van der Waals surface area contributed by atoms with Gasteiger partial charge >= 0.3 is 0 Å². The van der Waals surface area contributed by atoms with E-state index >= 15 is 0 Å². The van der Waals surface area contributed by atoms with Gasteiger partial charge < -0.3 is 0 Å². The zero-order chi connectivity index (χ0) is 17.1. The first kappa shape index (κ1) is 18.4. The molecule has 0 radical (unpaired) electrons. The summed E-state index contributed by atoms with van der Waals surface area (Å²) in [5.74, 6) is 0.0681. The Morgan fingerprint density at radius 2 is 1.61 bits per heavy atom. The Hall–Kier alpha value is -0.960. The van der Waals surface area contributed by atoms with Crippen LogP contribution in [0.2, 0.25) is 0 Å². The van der Waals surface area contributed by atoms with Gasteiger partial charge in [-0.25, -0.2) is 13.1 Å². The van der Waals surface area contributed by atoms with Gasteiger partial charge in [0.25, 0.3) is 10.1 Å². The predicted octanol–water partition coefficient (Wildman–Crippen LogP) is 1.81. The minimum Gasteiger partial charge on any atom is -0.266 e. The number of sulfonamides is 1. The summed E-state index contributed by atoms with van der Waals surface area (Å²) < 4.78 is 55.3. The molecule has 1 aliphatic rings. The maximum absolute atomic E-state index is 12.1. The van der Waals surface area contributed by atoms with Crippen LogP contribution in [0.3, 0.4) is 0 Å². The van der Waals surface area contributed by atoms with Crippen molar-refractivity contribution < 1.29 is 21.0 Å². The van der Waals surface area contributed by atoms with E-state index in [1.807, 2.05) is 6.92 Å². The lowest BCUT2D eigenvalue weighted by Gasteiger charge is -2.27. The van der Waals surface area contributed by atoms with Crippen LogP contribution in [0.1, 0.15) is 31.2 Å². The Labute approximate surface area is 138 Å². The summed E-state index contributed by atoms with van der Waals surface area (Å²) in [7, 11) is -5.58. The van der Waals surface area contributed by atoms with Crippen molar-refractivity contribution in [1.29, 1.82) is 0 Å². The number of hydrogen-bond donors (Lipinski definition) is 1. The van der Waals surface area contributed by atoms with Crippen LogP contribution < -0.4 is 4.72 Å². The van der Waals surface area contributed by atoms with Gasteiger partial charge in [-0.2, -0.15) is 8.42 Å². The first-order valence-electron chi connectivity index (χ1n) is 7.63. The summed E-state index contributed by atoms with van der Waals surface area (Å²) in [4.78, 5) is 0.148. The first-order chi connectivity index (χ1) is 10.7. The minimum absolute atomic E-state index is 0.0681. The van der Waals surface area contributed by atoms with Crippen molar-refractivity contribution in [2.45, 2.75) is 42.8 Å². The van der Waals surface area contributed by atoms with Gasteiger partial charge in [0.1, 0.15) is 0 Å². The predicted molar refractivity (Wildman–Crippen MR) is 88.0 cm³/mol. The van der Waals surface area contributed by atoms with E-state index in [-0.39, 0.29) is 17.4 Å². The topological polar surface area (TPSA) is 89.5 Å². The summed E-state index contributed by atoms with van der Waals surface area (Å²) in [6.07, 6.45) is 2.35. The zero-order valence-electron chi connectivity index (χ0n) is 13.4. The first-order valence-corrected chi connectivity index (χ1v) is 10.6. The Bertz CT molecular complexity index is 718. The molecule has 0 atom stereocenters. The van der Waals surface area contributed by atoms with Crippen LogP contribution in [-0.2, 0) is 24.3 Å². The lowest BCUT2D eigenvalue weighted by Crippen LogP contribution is -2.35. The fourth-order valence-corrected chi connectivity index (χ4v) is 4.94. The molecule has 0 aliphatic heterocycles. The molecular weight excluding hydrogens is 338 g/mol. The van der Waals surface area contributed by atoms with Gasteiger partial charge in [-0.3, -0.25) is 4.18 Å².